The molecule has 19 heavy (non-hydrogen) atoms. The number of amides is 1. The van der Waals surface area contributed by atoms with Gasteiger partial charge in [-0.3, -0.25) is 4.79 Å². The van der Waals surface area contributed by atoms with E-state index in [0.717, 1.165) is 10.6 Å². The summed E-state index contributed by atoms with van der Waals surface area (Å²) in [6.45, 7) is 0.503. The molecule has 1 N–H and O–H groups in total. The molecule has 0 aliphatic heterocycles. The maximum atomic E-state index is 11.6. The molecule has 1 aromatic heterocycles. The van der Waals surface area contributed by atoms with Gasteiger partial charge >= 0.3 is 0 Å². The normalized spacial score (nSPS) is 11.7. The van der Waals surface area contributed by atoms with Gasteiger partial charge in [-0.25, -0.2) is 8.42 Å². The van der Waals surface area contributed by atoms with Crippen molar-refractivity contribution in [3.63, 3.8) is 0 Å². The summed E-state index contributed by atoms with van der Waals surface area (Å²) in [6.07, 6.45) is 2.51. The van der Waals surface area contributed by atoms with Crippen LogP contribution >= 0.6 is 0 Å². The Bertz CT molecular complexity index is 483. The van der Waals surface area contributed by atoms with Crippen molar-refractivity contribution < 1.29 is 22.4 Å². The molecular weight excluding hydrogens is 272 g/mol. The van der Waals surface area contributed by atoms with Crippen molar-refractivity contribution in [2.45, 2.75) is 6.54 Å². The Kier molecular flexibility index (Phi) is 6.00. The van der Waals surface area contributed by atoms with Gasteiger partial charge in [0.1, 0.15) is 5.76 Å². The lowest BCUT2D eigenvalue weighted by atomic mass is 10.4. The molecule has 0 bridgehead atoms. The van der Waals surface area contributed by atoms with E-state index < -0.39 is 10.0 Å². The molecular formula is C11H18N2O5S. The van der Waals surface area contributed by atoms with Crippen molar-refractivity contribution in [2.75, 3.05) is 33.1 Å². The Hall–Kier alpha value is -1.38. The maximum absolute atomic E-state index is 11.6. The third-order valence-corrected chi connectivity index (χ3v) is 3.53. The highest BCUT2D eigenvalue weighted by molar-refractivity contribution is 7.88. The predicted molar refractivity (Wildman–Crippen MR) is 68.8 cm³/mol. The Morgan fingerprint density at radius 1 is 1.53 bits per heavy atom. The van der Waals surface area contributed by atoms with E-state index in [4.69, 9.17) is 9.15 Å². The van der Waals surface area contributed by atoms with E-state index in [2.05, 4.69) is 5.32 Å². The van der Waals surface area contributed by atoms with Crippen LogP contribution in [0.15, 0.2) is 22.8 Å². The molecule has 0 aliphatic rings. The van der Waals surface area contributed by atoms with E-state index >= 15 is 0 Å². The minimum Gasteiger partial charge on any atom is -0.468 e. The van der Waals surface area contributed by atoms with Crippen LogP contribution in [0, 0.1) is 0 Å². The van der Waals surface area contributed by atoms with Crippen molar-refractivity contribution in [2.24, 2.45) is 0 Å². The number of methoxy groups -OCH3 is 1. The molecule has 1 rings (SSSR count). The molecule has 7 nitrogen and oxygen atoms in total. The number of hydrogen-bond donors (Lipinski definition) is 1. The lowest BCUT2D eigenvalue weighted by Crippen LogP contribution is -2.40. The van der Waals surface area contributed by atoms with E-state index in [0.29, 0.717) is 18.9 Å². The van der Waals surface area contributed by atoms with Crippen LogP contribution in [0.4, 0.5) is 0 Å². The molecule has 0 radical (unpaired) electrons. The average molecular weight is 290 g/mol. The van der Waals surface area contributed by atoms with Crippen LogP contribution in [0.25, 0.3) is 0 Å². The van der Waals surface area contributed by atoms with E-state index in [1.165, 1.54) is 13.4 Å². The second-order valence-electron chi connectivity index (χ2n) is 3.95. The Morgan fingerprint density at radius 2 is 2.26 bits per heavy atom. The smallest absolute Gasteiger partial charge is 0.235 e. The van der Waals surface area contributed by atoms with E-state index in [-0.39, 0.29) is 19.0 Å². The Balaban J connectivity index is 2.58. The van der Waals surface area contributed by atoms with Gasteiger partial charge in [0.2, 0.25) is 15.9 Å². The molecule has 0 fully saturated rings. The number of nitrogens with one attached hydrogen (secondary N) is 1. The molecule has 0 atom stereocenters. The molecule has 1 amide bonds. The number of sulfonamides is 1. The van der Waals surface area contributed by atoms with Crippen LogP contribution in [-0.4, -0.2) is 51.7 Å². The van der Waals surface area contributed by atoms with Crippen molar-refractivity contribution in [3.8, 4) is 0 Å². The number of furan rings is 1. The second-order valence-corrected chi connectivity index (χ2v) is 5.94. The first kappa shape index (κ1) is 15.7. The summed E-state index contributed by atoms with van der Waals surface area (Å²) >= 11 is 0. The van der Waals surface area contributed by atoms with Crippen LogP contribution in [0.3, 0.4) is 0 Å². The van der Waals surface area contributed by atoms with Crippen molar-refractivity contribution in [1.82, 2.24) is 9.62 Å². The highest BCUT2D eigenvalue weighted by Crippen LogP contribution is 2.08. The van der Waals surface area contributed by atoms with E-state index in [9.17, 15) is 13.2 Å². The minimum absolute atomic E-state index is 0.0313. The van der Waals surface area contributed by atoms with Crippen molar-refractivity contribution in [1.29, 1.82) is 0 Å². The minimum atomic E-state index is -3.49. The summed E-state index contributed by atoms with van der Waals surface area (Å²) in [5.41, 5.74) is 0. The van der Waals surface area contributed by atoms with Gasteiger partial charge in [0.15, 0.2) is 0 Å². The first-order chi connectivity index (χ1) is 8.93. The van der Waals surface area contributed by atoms with Gasteiger partial charge in [-0.05, 0) is 12.1 Å². The fraction of sp³-hybridized carbons (Fsp3) is 0.545. The zero-order valence-corrected chi connectivity index (χ0v) is 11.8. The molecule has 0 saturated carbocycles. The zero-order valence-electron chi connectivity index (χ0n) is 11.0. The van der Waals surface area contributed by atoms with Gasteiger partial charge in [-0.2, -0.15) is 4.31 Å². The molecule has 0 aromatic carbocycles. The maximum Gasteiger partial charge on any atom is 0.235 e. The topological polar surface area (TPSA) is 88.8 Å². The lowest BCUT2D eigenvalue weighted by Gasteiger charge is -2.18. The monoisotopic (exact) mass is 290 g/mol. The van der Waals surface area contributed by atoms with Gasteiger partial charge in [0.05, 0.1) is 32.2 Å². The lowest BCUT2D eigenvalue weighted by molar-refractivity contribution is -0.121. The summed E-state index contributed by atoms with van der Waals surface area (Å²) in [4.78, 5) is 11.6. The highest BCUT2D eigenvalue weighted by Gasteiger charge is 2.21. The number of rotatable bonds is 8. The molecule has 0 unspecified atom stereocenters. The van der Waals surface area contributed by atoms with E-state index in [1.807, 2.05) is 0 Å². The number of nitrogens with zero attached hydrogens (tertiary/aromatic N) is 1. The molecule has 0 aliphatic carbocycles. The summed E-state index contributed by atoms with van der Waals surface area (Å²) in [6, 6.07) is 3.31. The molecule has 108 valence electrons. The first-order valence-corrected chi connectivity index (χ1v) is 7.51. The Labute approximate surface area is 112 Å². The third kappa shape index (κ3) is 5.86. The Morgan fingerprint density at radius 3 is 2.79 bits per heavy atom. The van der Waals surface area contributed by atoms with Crippen LogP contribution in [0.5, 0.6) is 0 Å². The van der Waals surface area contributed by atoms with Crippen LogP contribution < -0.4 is 5.32 Å². The number of hydrogen-bond acceptors (Lipinski definition) is 5. The highest BCUT2D eigenvalue weighted by atomic mass is 32.2. The van der Waals surface area contributed by atoms with E-state index in [1.54, 1.807) is 12.1 Å². The molecule has 8 heteroatoms. The quantitative estimate of drug-likeness (QED) is 0.670. The summed E-state index contributed by atoms with van der Waals surface area (Å²) in [7, 11) is -1.97. The molecule has 1 heterocycles. The van der Waals surface area contributed by atoms with Gasteiger partial charge < -0.3 is 14.5 Å². The van der Waals surface area contributed by atoms with Gasteiger partial charge in [-0.1, -0.05) is 0 Å². The van der Waals surface area contributed by atoms with Crippen LogP contribution in [0.2, 0.25) is 0 Å². The molecule has 0 saturated heterocycles. The standard InChI is InChI=1S/C11H18N2O5S/c1-17-7-5-12-11(14)9-13(19(2,15)16)8-10-4-3-6-18-10/h3-4,6H,5,7-9H2,1-2H3,(H,12,14). The zero-order chi connectivity index (χ0) is 14.3. The fourth-order valence-corrected chi connectivity index (χ4v) is 2.09. The second kappa shape index (κ2) is 7.27. The van der Waals surface area contributed by atoms with Gasteiger partial charge in [-0.15, -0.1) is 0 Å². The first-order valence-electron chi connectivity index (χ1n) is 5.66. The summed E-state index contributed by atoms with van der Waals surface area (Å²) in [5, 5.41) is 2.57. The number of carbonyl (C=O) groups excluding carboxylic acids is 1. The van der Waals surface area contributed by atoms with Crippen LogP contribution in [-0.2, 0) is 26.1 Å². The van der Waals surface area contributed by atoms with Gasteiger partial charge in [0.25, 0.3) is 0 Å². The molecule has 1 aromatic rings. The number of carbonyl (C=O) groups is 1. The van der Waals surface area contributed by atoms with Crippen molar-refractivity contribution >= 4 is 15.9 Å². The summed E-state index contributed by atoms with van der Waals surface area (Å²) < 4.78 is 34.1. The number of ether oxygens (including phenoxy) is 1. The van der Waals surface area contributed by atoms with Crippen LogP contribution in [0.1, 0.15) is 5.76 Å². The van der Waals surface area contributed by atoms with Gasteiger partial charge in [0, 0.05) is 13.7 Å². The van der Waals surface area contributed by atoms with Crippen molar-refractivity contribution in [3.05, 3.63) is 24.2 Å². The largest absolute Gasteiger partial charge is 0.468 e. The average Bonchev–Trinajstić information content (AvgIpc) is 2.80. The SMILES string of the molecule is COCCNC(=O)CN(Cc1ccco1)S(C)(=O)=O. The molecule has 0 spiro atoms. The third-order valence-electron chi connectivity index (χ3n) is 2.33. The fourth-order valence-electron chi connectivity index (χ4n) is 1.38. The summed E-state index contributed by atoms with van der Waals surface area (Å²) in [5.74, 6) is 0.101. The predicted octanol–water partition coefficient (Wildman–Crippen LogP) is -0.196.